The molecular formula is C80H124O43. The van der Waals surface area contributed by atoms with E-state index in [0.717, 1.165) is 25.7 Å². The number of carboxylic acid groups (broad SMARTS) is 1. The minimum atomic E-state index is -2.26. The summed E-state index contributed by atoms with van der Waals surface area (Å²) in [5.74, 6) is -6.12. The molecule has 0 spiro atoms. The Balaban J connectivity index is 0.776. The molecule has 0 aromatic rings. The van der Waals surface area contributed by atoms with Gasteiger partial charge in [-0.25, -0.2) is 4.79 Å². The van der Waals surface area contributed by atoms with Gasteiger partial charge in [-0.1, -0.05) is 53.2 Å². The van der Waals surface area contributed by atoms with Gasteiger partial charge in [-0.05, 0) is 118 Å². The first-order chi connectivity index (χ1) is 57.7. The minimum Gasteiger partial charge on any atom is -0.479 e. The normalized spacial score (nSPS) is 53.0. The maximum atomic E-state index is 16.3. The molecule has 0 bridgehead atoms. The van der Waals surface area contributed by atoms with Crippen LogP contribution in [0, 0.1) is 50.2 Å². The number of carbonyl (C=O) groups excluding carboxylic acids is 4. The van der Waals surface area contributed by atoms with Crippen LogP contribution in [0.25, 0.3) is 0 Å². The number of carbonyl (C=O) groups is 5. The number of esters is 3. The highest BCUT2D eigenvalue weighted by Gasteiger charge is 2.74. The first-order valence-corrected chi connectivity index (χ1v) is 42.2. The van der Waals surface area contributed by atoms with Crippen molar-refractivity contribution in [3.05, 3.63) is 11.6 Å². The number of fused-ring (bicyclic) bond motifs is 7. The van der Waals surface area contributed by atoms with E-state index in [0.29, 0.717) is 38.5 Å². The topological polar surface area (TPSA) is 656 Å². The van der Waals surface area contributed by atoms with Crippen molar-refractivity contribution < 1.29 is 211 Å². The molecule has 13 aliphatic rings. The molecule has 12 fully saturated rings. The van der Waals surface area contributed by atoms with E-state index in [2.05, 4.69) is 26.8 Å². The standard InChI is InChI=1S/C80H124O43/c1-27-56(116-67-54(101)59(35(87)25-107-67)118-69-49(96)45(92)43(90)36(22-81)113-69)47(94)51(98)68(108-27)121-63-52(99)57(117-71-55(102)61(112-31(5)85)58(29(3)109-71)111-30(4)84)28(2)110-72(63)123-74(105)80-19-18-75(6,7)20-33(80)32-12-13-39-76(8)16-15-41(77(9,26-83)38(76)14-17-78(39,10)79(32,11)21-40(80)88)115-73-64(122-70-50(97)46(93)44(91)37(23-82)114-70)60(53(100)62(120-73)65(103)104)119-66-48(95)42(89)34(86)24-106-66/h12,26-29,33-64,66-73,81-82,86-102H,13-25H2,1-11H3,(H,103,104)/t27?,28?,29?,33?,34?,35?,36?,37?,38?,39?,40?,41-,42?,43?,44?,45?,46?,47?,48?,49?,50?,51?,52?,53?,54?,55?,56?,57?,58?,59?,60?,61?,62?,63?,64?,66?,67?,68?,69?,70?,71?,72?,73?,76-,77-,78+,79?,80?/m0/s1. The predicted octanol–water partition coefficient (Wildman–Crippen LogP) is -6.99. The summed E-state index contributed by atoms with van der Waals surface area (Å²) in [5, 5.41) is 224. The van der Waals surface area contributed by atoms with E-state index >= 15 is 4.79 Å². The first-order valence-electron chi connectivity index (χ1n) is 42.2. The lowest BCUT2D eigenvalue weighted by Gasteiger charge is -2.71. The van der Waals surface area contributed by atoms with Crippen molar-refractivity contribution in [1.82, 2.24) is 0 Å². The number of hydrogen-bond acceptors (Lipinski definition) is 42. The van der Waals surface area contributed by atoms with E-state index in [4.69, 9.17) is 85.3 Å². The predicted molar refractivity (Wildman–Crippen MR) is 399 cm³/mol. The van der Waals surface area contributed by atoms with Crippen LogP contribution in [0.3, 0.4) is 0 Å². The maximum absolute atomic E-state index is 16.3. The molecule has 702 valence electrons. The molecule has 44 unspecified atom stereocenters. The second-order valence-electron chi connectivity index (χ2n) is 37.5. The van der Waals surface area contributed by atoms with E-state index in [1.54, 1.807) is 6.92 Å². The number of allylic oxidation sites excluding steroid dienone is 2. The molecule has 8 saturated heterocycles. The zero-order chi connectivity index (χ0) is 90.0. The Morgan fingerprint density at radius 1 is 0.439 bits per heavy atom. The van der Waals surface area contributed by atoms with E-state index in [1.165, 1.54) is 20.8 Å². The summed E-state index contributed by atoms with van der Waals surface area (Å²) in [6.07, 6.45) is -68.0. The second-order valence-corrected chi connectivity index (χ2v) is 37.5. The molecule has 43 heteroatoms. The SMILES string of the molecule is CC(=O)OC1C(C)OC(OC2C(C)OC(OC(=O)C34CCC(C)(C)CC3C3=CCC5[C@@]6(C)CC[C@H](OC7OC(C(=O)O)C(O)C(OC8OCC(O)C(O)C8O)C7OC7OC(CO)C(O)C(O)C7O)[C@@](C)(C=O)C6CC[C@@]5(C)C3(C)CC4O)C(OC3OC(C)C(OC4OCC(O)C(OC5OC(CO)C(O)C(O)C5O)C4O)C(O)C3O)C2O)C(O)C1OC(C)=O. The van der Waals surface area contributed by atoms with Gasteiger partial charge in [0.1, 0.15) is 152 Å². The van der Waals surface area contributed by atoms with Gasteiger partial charge in [0.15, 0.2) is 68.4 Å². The van der Waals surface area contributed by atoms with Crippen LogP contribution in [0.4, 0.5) is 0 Å². The summed E-state index contributed by atoms with van der Waals surface area (Å²) >= 11 is 0. The minimum absolute atomic E-state index is 0.0301. The van der Waals surface area contributed by atoms with E-state index < -0.39 is 340 Å². The van der Waals surface area contributed by atoms with Crippen LogP contribution in [-0.2, 0) is 109 Å². The van der Waals surface area contributed by atoms with Gasteiger partial charge in [0.2, 0.25) is 6.29 Å². The van der Waals surface area contributed by atoms with Crippen LogP contribution in [0.2, 0.25) is 0 Å². The van der Waals surface area contributed by atoms with Gasteiger partial charge in [-0.2, -0.15) is 0 Å². The Labute approximate surface area is 707 Å². The Bertz CT molecular complexity index is 3710. The van der Waals surface area contributed by atoms with Crippen LogP contribution in [0.5, 0.6) is 0 Å². The number of aldehydes is 1. The van der Waals surface area contributed by atoms with Gasteiger partial charge in [0.25, 0.3) is 0 Å². The van der Waals surface area contributed by atoms with Crippen LogP contribution < -0.4 is 0 Å². The second kappa shape index (κ2) is 36.9. The smallest absolute Gasteiger partial charge is 0.335 e. The molecule has 0 aromatic heterocycles. The van der Waals surface area contributed by atoms with Gasteiger partial charge in [0, 0.05) is 13.8 Å². The van der Waals surface area contributed by atoms with Crippen molar-refractivity contribution in [2.24, 2.45) is 50.2 Å². The number of hydrogen-bond donors (Lipinski definition) is 20. The average molecular weight is 1770 g/mol. The summed E-state index contributed by atoms with van der Waals surface area (Å²) in [6, 6.07) is 0. The van der Waals surface area contributed by atoms with Crippen molar-refractivity contribution in [1.29, 1.82) is 0 Å². The van der Waals surface area contributed by atoms with Crippen LogP contribution >= 0.6 is 0 Å². The Morgan fingerprint density at radius 3 is 1.51 bits per heavy atom. The van der Waals surface area contributed by atoms with E-state index in [9.17, 15) is 121 Å². The Hall–Kier alpha value is -4.07. The Morgan fingerprint density at radius 2 is 0.927 bits per heavy atom. The molecule has 8 aliphatic heterocycles. The fourth-order valence-corrected chi connectivity index (χ4v) is 22.4. The van der Waals surface area contributed by atoms with Crippen molar-refractivity contribution >= 4 is 30.2 Å². The third-order valence-corrected chi connectivity index (χ3v) is 29.5. The molecule has 0 radical (unpaired) electrons. The quantitative estimate of drug-likeness (QED) is 0.0157. The first kappa shape index (κ1) is 96.5. The molecule has 0 aromatic carbocycles. The zero-order valence-electron chi connectivity index (χ0n) is 70.0. The largest absolute Gasteiger partial charge is 0.479 e. The van der Waals surface area contributed by atoms with Crippen LogP contribution in [0.15, 0.2) is 11.6 Å². The highest BCUT2D eigenvalue weighted by Crippen LogP contribution is 2.76. The third kappa shape index (κ3) is 17.4. The summed E-state index contributed by atoms with van der Waals surface area (Å²) in [5.41, 5.74) is -5.41. The lowest BCUT2D eigenvalue weighted by molar-refractivity contribution is -0.391. The van der Waals surface area contributed by atoms with Crippen molar-refractivity contribution in [2.45, 2.75) is 380 Å². The average Bonchev–Trinajstić information content (AvgIpc) is 0.667. The van der Waals surface area contributed by atoms with Crippen molar-refractivity contribution in [2.75, 3.05) is 26.4 Å². The molecule has 43 nitrogen and oxygen atoms in total. The molecule has 20 N–H and O–H groups in total. The maximum Gasteiger partial charge on any atom is 0.335 e. The number of carboxylic acids is 1. The molecule has 8 heterocycles. The summed E-state index contributed by atoms with van der Waals surface area (Å²) in [6.45, 7) is 15.3. The number of aliphatic carboxylic acids is 1. The molecule has 5 aliphatic carbocycles. The molecule has 123 heavy (non-hydrogen) atoms. The Kier molecular flexibility index (Phi) is 29.0. The lowest BCUT2D eigenvalue weighted by Crippen LogP contribution is -2.69. The fourth-order valence-electron chi connectivity index (χ4n) is 22.4. The van der Waals surface area contributed by atoms with Crippen molar-refractivity contribution in [3.8, 4) is 0 Å². The van der Waals surface area contributed by atoms with E-state index in [-0.39, 0.29) is 25.2 Å². The third-order valence-electron chi connectivity index (χ3n) is 29.5. The molecule has 13 rings (SSSR count). The molecular weight excluding hydrogens is 1650 g/mol. The zero-order valence-corrected chi connectivity index (χ0v) is 70.0. The van der Waals surface area contributed by atoms with Crippen LogP contribution in [-0.4, -0.2) is 404 Å². The number of aliphatic hydroxyl groups excluding tert-OH is 19. The summed E-state index contributed by atoms with van der Waals surface area (Å²) in [7, 11) is 0. The highest BCUT2D eigenvalue weighted by atomic mass is 16.8. The van der Waals surface area contributed by atoms with Gasteiger partial charge in [0.05, 0.1) is 62.4 Å². The van der Waals surface area contributed by atoms with E-state index in [1.807, 2.05) is 13.8 Å². The summed E-state index contributed by atoms with van der Waals surface area (Å²) in [4.78, 5) is 68.6. The summed E-state index contributed by atoms with van der Waals surface area (Å²) < 4.78 is 108. The molecule has 0 amide bonds. The fraction of sp³-hybridized carbons (Fsp3) is 0.912. The van der Waals surface area contributed by atoms with Gasteiger partial charge in [-0.3, -0.25) is 14.4 Å². The van der Waals surface area contributed by atoms with Gasteiger partial charge < -0.3 is 192 Å². The monoisotopic (exact) mass is 1770 g/mol. The molecule has 4 saturated carbocycles. The van der Waals surface area contributed by atoms with Gasteiger partial charge in [-0.15, -0.1) is 0 Å². The lowest BCUT2D eigenvalue weighted by atomic mass is 9.33. The van der Waals surface area contributed by atoms with Crippen molar-refractivity contribution in [3.63, 3.8) is 0 Å². The van der Waals surface area contributed by atoms with Crippen LogP contribution in [0.1, 0.15) is 134 Å². The number of rotatable bonds is 22. The highest BCUT2D eigenvalue weighted by molar-refractivity contribution is 5.80. The number of aliphatic hydroxyl groups is 19. The molecule has 48 atom stereocenters. The van der Waals surface area contributed by atoms with Gasteiger partial charge >= 0.3 is 23.9 Å². The number of ether oxygens (including phenoxy) is 18.